The quantitative estimate of drug-likeness (QED) is 0.133. The number of nitrogens with zero attached hydrogens (tertiary/aromatic N) is 4. The molecule has 0 aliphatic heterocycles. The Balaban J connectivity index is 0.00000312. The van der Waals surface area contributed by atoms with Crippen LogP contribution in [0.5, 0.6) is 0 Å². The van der Waals surface area contributed by atoms with Crippen LogP contribution in [0.2, 0.25) is 0 Å². The number of fused-ring (bicyclic) bond motifs is 2. The first-order chi connectivity index (χ1) is 21.3. The van der Waals surface area contributed by atoms with Crippen LogP contribution in [0.25, 0.3) is 33.4 Å². The zero-order valence-electron chi connectivity index (χ0n) is 23.6. The smallest absolute Gasteiger partial charge is 0.429 e. The topological polar surface area (TPSA) is 35.6 Å². The van der Waals surface area contributed by atoms with E-state index in [0.29, 0.717) is 0 Å². The van der Waals surface area contributed by atoms with Gasteiger partial charge in [-0.1, -0.05) is 145 Å². The Morgan fingerprint density at radius 1 is 0.432 bits per heavy atom. The Hall–Kier alpha value is -5.08. The third-order valence-electron chi connectivity index (χ3n) is 8.16. The van der Waals surface area contributed by atoms with Gasteiger partial charge in [0.05, 0.1) is 23.0 Å². The van der Waals surface area contributed by atoms with Crippen molar-refractivity contribution in [1.82, 2.24) is 19.1 Å². The second-order valence-electron chi connectivity index (χ2n) is 10.6. The number of hydrogen-bond acceptors (Lipinski definition) is 2. The average Bonchev–Trinajstić information content (AvgIpc) is 3.72. The molecule has 212 valence electrons. The van der Waals surface area contributed by atoms with Crippen molar-refractivity contribution in [2.24, 2.45) is 0 Å². The van der Waals surface area contributed by atoms with Crippen LogP contribution in [-0.2, 0) is 25.8 Å². The van der Waals surface area contributed by atoms with Gasteiger partial charge < -0.3 is 9.13 Å². The van der Waals surface area contributed by atoms with Gasteiger partial charge in [-0.3, -0.25) is 9.97 Å². The molecule has 0 aliphatic rings. The minimum Gasteiger partial charge on any atom is -0.429 e. The molecule has 0 spiro atoms. The molecule has 5 heteroatoms. The second-order valence-corrected chi connectivity index (χ2v) is 10.6. The SMILES string of the molecule is [Pd+2].[c-]1cc2ccccc2n1-c1cccc(C(c2ccccc2)(c2ccccc2)c2cccc(-n3[c-]cc4ccccc43)n2)n1. The van der Waals surface area contributed by atoms with Crippen LogP contribution in [0, 0.1) is 12.4 Å². The van der Waals surface area contributed by atoms with Crippen molar-refractivity contribution in [2.45, 2.75) is 5.41 Å². The first-order valence-electron chi connectivity index (χ1n) is 14.4. The van der Waals surface area contributed by atoms with Crippen LogP contribution in [0.3, 0.4) is 0 Å². The van der Waals surface area contributed by atoms with Gasteiger partial charge in [-0.2, -0.15) is 0 Å². The summed E-state index contributed by atoms with van der Waals surface area (Å²) in [7, 11) is 0. The Morgan fingerprint density at radius 3 is 1.30 bits per heavy atom. The molecule has 0 amide bonds. The zero-order chi connectivity index (χ0) is 28.6. The molecule has 0 unspecified atom stereocenters. The molecule has 0 N–H and O–H groups in total. The fourth-order valence-electron chi connectivity index (χ4n) is 6.19. The molecule has 0 atom stereocenters. The molecular formula is C39H26N4Pd. The molecule has 0 aliphatic carbocycles. The maximum absolute atomic E-state index is 5.39. The van der Waals surface area contributed by atoms with E-state index in [-0.39, 0.29) is 20.4 Å². The molecule has 44 heavy (non-hydrogen) atoms. The van der Waals surface area contributed by atoms with E-state index in [9.17, 15) is 0 Å². The second kappa shape index (κ2) is 11.5. The molecule has 4 aromatic carbocycles. The Bertz CT molecular complexity index is 2040. The number of hydrogen-bond donors (Lipinski definition) is 0. The van der Waals surface area contributed by atoms with E-state index in [1.807, 2.05) is 57.7 Å². The molecule has 0 radical (unpaired) electrons. The summed E-state index contributed by atoms with van der Waals surface area (Å²) in [5.74, 6) is 1.60. The average molecular weight is 657 g/mol. The van der Waals surface area contributed by atoms with E-state index in [4.69, 9.17) is 9.97 Å². The first-order valence-corrected chi connectivity index (χ1v) is 14.4. The van der Waals surface area contributed by atoms with Crippen molar-refractivity contribution in [3.8, 4) is 11.6 Å². The molecule has 0 bridgehead atoms. The van der Waals surface area contributed by atoms with Crippen molar-refractivity contribution in [3.05, 3.63) is 193 Å². The normalized spacial score (nSPS) is 11.5. The Morgan fingerprint density at radius 2 is 0.841 bits per heavy atom. The van der Waals surface area contributed by atoms with Gasteiger partial charge in [0.2, 0.25) is 0 Å². The number of pyridine rings is 2. The first kappa shape index (κ1) is 27.7. The van der Waals surface area contributed by atoms with Gasteiger partial charge in [-0.05, 0) is 23.3 Å². The van der Waals surface area contributed by atoms with Crippen molar-refractivity contribution in [2.75, 3.05) is 0 Å². The van der Waals surface area contributed by atoms with E-state index < -0.39 is 5.41 Å². The molecule has 4 heterocycles. The minimum absolute atomic E-state index is 0. The molecule has 4 aromatic heterocycles. The molecule has 8 rings (SSSR count). The minimum atomic E-state index is -0.805. The summed E-state index contributed by atoms with van der Waals surface area (Å²) in [6.45, 7) is 0. The number of para-hydroxylation sites is 2. The van der Waals surface area contributed by atoms with Crippen LogP contribution in [-0.4, -0.2) is 19.1 Å². The van der Waals surface area contributed by atoms with Crippen molar-refractivity contribution in [3.63, 3.8) is 0 Å². The summed E-state index contributed by atoms with van der Waals surface area (Å²) in [6.07, 6.45) is 6.81. The van der Waals surface area contributed by atoms with E-state index in [0.717, 1.165) is 56.0 Å². The van der Waals surface area contributed by atoms with Crippen molar-refractivity contribution in [1.29, 1.82) is 0 Å². The van der Waals surface area contributed by atoms with Gasteiger partial charge >= 0.3 is 20.4 Å². The Kier molecular flexibility index (Phi) is 7.28. The van der Waals surface area contributed by atoms with Gasteiger partial charge in [0.25, 0.3) is 0 Å². The van der Waals surface area contributed by atoms with E-state index in [1.165, 1.54) is 0 Å². The van der Waals surface area contributed by atoms with Gasteiger partial charge in [0.1, 0.15) is 5.41 Å². The Labute approximate surface area is 270 Å². The zero-order valence-corrected chi connectivity index (χ0v) is 25.2. The van der Waals surface area contributed by atoms with Crippen LogP contribution in [0.1, 0.15) is 22.5 Å². The third-order valence-corrected chi connectivity index (χ3v) is 8.16. The largest absolute Gasteiger partial charge is 2.00 e. The fourth-order valence-corrected chi connectivity index (χ4v) is 6.19. The maximum atomic E-state index is 5.39. The molecular weight excluding hydrogens is 631 g/mol. The fraction of sp³-hybridized carbons (Fsp3) is 0.0256. The molecule has 0 fully saturated rings. The predicted octanol–water partition coefficient (Wildman–Crippen LogP) is 8.34. The number of rotatable bonds is 6. The molecule has 0 saturated carbocycles. The summed E-state index contributed by atoms with van der Waals surface area (Å²) >= 11 is 0. The van der Waals surface area contributed by atoms with E-state index >= 15 is 0 Å². The summed E-state index contributed by atoms with van der Waals surface area (Å²) in [5.41, 5.74) is 5.23. The van der Waals surface area contributed by atoms with Crippen LogP contribution in [0.4, 0.5) is 0 Å². The van der Waals surface area contributed by atoms with Crippen LogP contribution < -0.4 is 0 Å². The molecule has 8 aromatic rings. The van der Waals surface area contributed by atoms with Crippen LogP contribution >= 0.6 is 0 Å². The van der Waals surface area contributed by atoms with Crippen LogP contribution in [0.15, 0.2) is 158 Å². The number of aromatic nitrogens is 4. The maximum Gasteiger partial charge on any atom is 2.00 e. The summed E-state index contributed by atoms with van der Waals surface area (Å²) in [4.78, 5) is 10.8. The summed E-state index contributed by atoms with van der Waals surface area (Å²) in [6, 6.07) is 54.2. The number of benzene rings is 4. The standard InChI is InChI=1S/C39H26N4.Pd/c1-3-15-31(16-4-1)39(32-17-5-2-6-18-32,35-21-11-23-37(40-35)42-27-25-29-13-7-9-19-33(29)42)36-22-12-24-38(41-36)43-28-26-30-14-8-10-20-34(30)43;/h1-26H;/q-2;+2. The van der Waals surface area contributed by atoms with Gasteiger partial charge in [0.15, 0.2) is 0 Å². The van der Waals surface area contributed by atoms with E-state index in [2.05, 4.69) is 122 Å². The van der Waals surface area contributed by atoms with Gasteiger partial charge in [-0.15, -0.1) is 35.0 Å². The molecule has 0 saturated heterocycles. The van der Waals surface area contributed by atoms with Gasteiger partial charge in [-0.25, -0.2) is 0 Å². The van der Waals surface area contributed by atoms with Gasteiger partial charge in [0, 0.05) is 0 Å². The third kappa shape index (κ3) is 4.50. The predicted molar refractivity (Wildman–Crippen MR) is 172 cm³/mol. The summed E-state index contributed by atoms with van der Waals surface area (Å²) in [5, 5.41) is 2.24. The van der Waals surface area contributed by atoms with Crippen molar-refractivity contribution >= 4 is 21.8 Å². The van der Waals surface area contributed by atoms with E-state index in [1.54, 1.807) is 0 Å². The molecule has 4 nitrogen and oxygen atoms in total. The summed E-state index contributed by atoms with van der Waals surface area (Å²) < 4.78 is 4.06. The van der Waals surface area contributed by atoms with Crippen molar-refractivity contribution < 1.29 is 20.4 Å². The monoisotopic (exact) mass is 656 g/mol.